The maximum Gasteiger partial charge on any atom is 0.306 e. The molecule has 0 spiro atoms. The number of unbranched alkanes of at least 4 members (excludes halogenated alkanes) is 30. The minimum atomic E-state index is -0.781. The SMILES string of the molecule is CCCCCC/C=C\C/C=C\CCCCCCCCCC(=O)OC(COC(=O)CCCCCCCC/C=C\C/C=C\C/C=C\CCCCCCC)COC(=O)CCCCCCCCCCC. The predicted octanol–water partition coefficient (Wildman–Crippen LogP) is 18.8. The topological polar surface area (TPSA) is 78.9 Å². The van der Waals surface area contributed by atoms with Crippen LogP contribution in [0.2, 0.25) is 0 Å². The lowest BCUT2D eigenvalue weighted by Crippen LogP contribution is -2.30. The Labute approximate surface area is 409 Å². The molecular formula is C60H106O6. The molecule has 0 aromatic carbocycles. The van der Waals surface area contributed by atoms with Crippen LogP contribution in [-0.2, 0) is 28.6 Å². The molecule has 6 nitrogen and oxygen atoms in total. The van der Waals surface area contributed by atoms with Crippen LogP contribution in [0.25, 0.3) is 0 Å². The molecular weight excluding hydrogens is 817 g/mol. The van der Waals surface area contributed by atoms with Gasteiger partial charge in [-0.2, -0.15) is 0 Å². The van der Waals surface area contributed by atoms with Crippen LogP contribution in [0.5, 0.6) is 0 Å². The van der Waals surface area contributed by atoms with Crippen molar-refractivity contribution in [2.24, 2.45) is 0 Å². The van der Waals surface area contributed by atoms with Crippen molar-refractivity contribution in [1.82, 2.24) is 0 Å². The van der Waals surface area contributed by atoms with Crippen LogP contribution in [-0.4, -0.2) is 37.2 Å². The Bertz CT molecular complexity index is 1200. The highest BCUT2D eigenvalue weighted by Crippen LogP contribution is 2.15. The molecule has 0 N–H and O–H groups in total. The number of esters is 3. The maximum absolute atomic E-state index is 12.8. The standard InChI is InChI=1S/C60H106O6/c1-4-7-10-13-16-19-21-23-25-27-29-30-31-33-34-36-38-41-44-47-50-53-59(62)65-56-57(55-64-58(61)52-49-46-43-40-18-15-12-9-6-3)66-60(63)54-51-48-45-42-39-37-35-32-28-26-24-22-20-17-14-11-8-5-2/h20-23,26-29,31,33,57H,4-19,24-25,30,32,34-56H2,1-3H3/b22-20-,23-21-,28-26-,29-27-,33-31-. The van der Waals surface area contributed by atoms with Crippen molar-refractivity contribution in [3.8, 4) is 0 Å². The van der Waals surface area contributed by atoms with Gasteiger partial charge in [0.2, 0.25) is 0 Å². The highest BCUT2D eigenvalue weighted by molar-refractivity contribution is 5.71. The predicted molar refractivity (Wildman–Crippen MR) is 284 cm³/mol. The van der Waals surface area contributed by atoms with Gasteiger partial charge in [0.1, 0.15) is 13.2 Å². The second-order valence-electron chi connectivity index (χ2n) is 18.8. The van der Waals surface area contributed by atoms with Gasteiger partial charge < -0.3 is 14.2 Å². The number of carbonyl (C=O) groups excluding carboxylic acids is 3. The van der Waals surface area contributed by atoms with E-state index >= 15 is 0 Å². The summed E-state index contributed by atoms with van der Waals surface area (Å²) in [5, 5.41) is 0. The first-order valence-electron chi connectivity index (χ1n) is 28.3. The van der Waals surface area contributed by atoms with E-state index in [0.717, 1.165) is 89.9 Å². The monoisotopic (exact) mass is 923 g/mol. The van der Waals surface area contributed by atoms with Gasteiger partial charge in [0.15, 0.2) is 6.10 Å². The molecule has 0 aromatic heterocycles. The molecule has 6 heteroatoms. The summed E-state index contributed by atoms with van der Waals surface area (Å²) < 4.78 is 16.8. The van der Waals surface area contributed by atoms with Gasteiger partial charge in [-0.1, -0.05) is 236 Å². The Morgan fingerprint density at radius 3 is 0.864 bits per heavy atom. The van der Waals surface area contributed by atoms with Crippen molar-refractivity contribution in [2.75, 3.05) is 13.2 Å². The third-order valence-electron chi connectivity index (χ3n) is 12.2. The minimum absolute atomic E-state index is 0.0802. The summed E-state index contributed by atoms with van der Waals surface area (Å²) in [7, 11) is 0. The van der Waals surface area contributed by atoms with Crippen LogP contribution in [0.1, 0.15) is 284 Å². The molecule has 0 radical (unpaired) electrons. The van der Waals surface area contributed by atoms with Crippen molar-refractivity contribution in [3.63, 3.8) is 0 Å². The third-order valence-corrected chi connectivity index (χ3v) is 12.2. The van der Waals surface area contributed by atoms with E-state index in [9.17, 15) is 14.4 Å². The van der Waals surface area contributed by atoms with Gasteiger partial charge >= 0.3 is 17.9 Å². The van der Waals surface area contributed by atoms with E-state index in [4.69, 9.17) is 14.2 Å². The number of hydrogen-bond acceptors (Lipinski definition) is 6. The zero-order chi connectivity index (χ0) is 47.9. The maximum atomic E-state index is 12.8. The second kappa shape index (κ2) is 54.7. The molecule has 0 heterocycles. The quantitative estimate of drug-likeness (QED) is 0.0262. The normalized spacial score (nSPS) is 12.5. The fourth-order valence-electron chi connectivity index (χ4n) is 7.95. The first-order chi connectivity index (χ1) is 32.5. The van der Waals surface area contributed by atoms with Crippen LogP contribution in [0.4, 0.5) is 0 Å². The Morgan fingerprint density at radius 1 is 0.303 bits per heavy atom. The average Bonchev–Trinajstić information content (AvgIpc) is 3.31. The van der Waals surface area contributed by atoms with Crippen LogP contribution in [0, 0.1) is 0 Å². The van der Waals surface area contributed by atoms with E-state index in [1.165, 1.54) is 154 Å². The summed E-state index contributed by atoms with van der Waals surface area (Å²) >= 11 is 0. The number of hydrogen-bond donors (Lipinski definition) is 0. The Balaban J connectivity index is 4.32. The molecule has 0 bridgehead atoms. The fraction of sp³-hybridized carbons (Fsp3) is 0.783. The summed E-state index contributed by atoms with van der Waals surface area (Å²) in [4.78, 5) is 38.0. The zero-order valence-electron chi connectivity index (χ0n) is 43.7. The van der Waals surface area contributed by atoms with Crippen LogP contribution in [0.15, 0.2) is 60.8 Å². The smallest absolute Gasteiger partial charge is 0.306 e. The van der Waals surface area contributed by atoms with Gasteiger partial charge in [0.05, 0.1) is 0 Å². The summed E-state index contributed by atoms with van der Waals surface area (Å²) in [6.45, 7) is 6.59. The molecule has 66 heavy (non-hydrogen) atoms. The second-order valence-corrected chi connectivity index (χ2v) is 18.8. The van der Waals surface area contributed by atoms with E-state index in [1.807, 2.05) is 0 Å². The van der Waals surface area contributed by atoms with Crippen molar-refractivity contribution in [2.45, 2.75) is 290 Å². The lowest BCUT2D eigenvalue weighted by Gasteiger charge is -2.18. The third kappa shape index (κ3) is 52.1. The molecule has 382 valence electrons. The molecule has 0 saturated carbocycles. The molecule has 0 rings (SSSR count). The molecule has 0 fully saturated rings. The summed E-state index contributed by atoms with van der Waals surface area (Å²) in [5.41, 5.74) is 0. The Morgan fingerprint density at radius 2 is 0.545 bits per heavy atom. The summed E-state index contributed by atoms with van der Waals surface area (Å²) in [6, 6.07) is 0. The summed E-state index contributed by atoms with van der Waals surface area (Å²) in [6.07, 6.45) is 67.8. The van der Waals surface area contributed by atoms with E-state index in [-0.39, 0.29) is 31.1 Å². The van der Waals surface area contributed by atoms with Gasteiger partial charge in [-0.15, -0.1) is 0 Å². The zero-order valence-corrected chi connectivity index (χ0v) is 43.7. The van der Waals surface area contributed by atoms with Gasteiger partial charge in [0, 0.05) is 19.3 Å². The first-order valence-corrected chi connectivity index (χ1v) is 28.3. The van der Waals surface area contributed by atoms with Gasteiger partial charge in [-0.3, -0.25) is 14.4 Å². The van der Waals surface area contributed by atoms with Crippen molar-refractivity contribution < 1.29 is 28.6 Å². The van der Waals surface area contributed by atoms with Crippen molar-refractivity contribution in [3.05, 3.63) is 60.8 Å². The molecule has 0 aliphatic carbocycles. The van der Waals surface area contributed by atoms with Crippen LogP contribution >= 0.6 is 0 Å². The van der Waals surface area contributed by atoms with E-state index in [1.54, 1.807) is 0 Å². The van der Waals surface area contributed by atoms with E-state index < -0.39 is 6.10 Å². The molecule has 0 saturated heterocycles. The molecule has 0 aromatic rings. The molecule has 0 amide bonds. The van der Waals surface area contributed by atoms with Gasteiger partial charge in [-0.05, 0) is 89.9 Å². The largest absolute Gasteiger partial charge is 0.462 e. The Hall–Kier alpha value is -2.89. The lowest BCUT2D eigenvalue weighted by atomic mass is 10.1. The van der Waals surface area contributed by atoms with Gasteiger partial charge in [0.25, 0.3) is 0 Å². The number of ether oxygens (including phenoxy) is 3. The lowest BCUT2D eigenvalue weighted by molar-refractivity contribution is -0.167. The number of rotatable bonds is 51. The molecule has 0 aliphatic heterocycles. The van der Waals surface area contributed by atoms with Crippen LogP contribution < -0.4 is 0 Å². The van der Waals surface area contributed by atoms with Crippen molar-refractivity contribution >= 4 is 17.9 Å². The molecule has 0 aliphatic rings. The number of carbonyl (C=O) groups is 3. The van der Waals surface area contributed by atoms with Crippen LogP contribution in [0.3, 0.4) is 0 Å². The fourth-order valence-corrected chi connectivity index (χ4v) is 7.95. The number of allylic oxidation sites excluding steroid dienone is 10. The molecule has 1 atom stereocenters. The Kier molecular flexibility index (Phi) is 52.3. The van der Waals surface area contributed by atoms with Crippen molar-refractivity contribution in [1.29, 1.82) is 0 Å². The van der Waals surface area contributed by atoms with E-state index in [0.29, 0.717) is 19.3 Å². The first kappa shape index (κ1) is 63.1. The molecule has 1 unspecified atom stereocenters. The van der Waals surface area contributed by atoms with Gasteiger partial charge in [-0.25, -0.2) is 0 Å². The summed E-state index contributed by atoms with van der Waals surface area (Å²) in [5.74, 6) is -0.895. The average molecular weight is 924 g/mol. The highest BCUT2D eigenvalue weighted by atomic mass is 16.6. The van der Waals surface area contributed by atoms with E-state index in [2.05, 4.69) is 81.5 Å². The minimum Gasteiger partial charge on any atom is -0.462 e. The highest BCUT2D eigenvalue weighted by Gasteiger charge is 2.19.